The summed E-state index contributed by atoms with van der Waals surface area (Å²) in [6.45, 7) is 0. The summed E-state index contributed by atoms with van der Waals surface area (Å²) in [5.41, 5.74) is 9.12. The minimum Gasteiger partial charge on any atom is -0.456 e. The molecular formula is C37H21N5O. The molecule has 0 fully saturated rings. The van der Waals surface area contributed by atoms with Gasteiger partial charge in [-0.25, -0.2) is 19.9 Å². The zero-order chi connectivity index (χ0) is 28.8. The lowest BCUT2D eigenvalue weighted by Gasteiger charge is -2.13. The van der Waals surface area contributed by atoms with Gasteiger partial charge in [-0.1, -0.05) is 84.9 Å². The molecule has 200 valence electrons. The molecule has 0 atom stereocenters. The molecule has 0 aliphatic rings. The van der Waals surface area contributed by atoms with E-state index in [1.165, 1.54) is 0 Å². The molecule has 6 heteroatoms. The van der Waals surface area contributed by atoms with E-state index >= 15 is 0 Å². The Bertz CT molecular complexity index is 2350. The van der Waals surface area contributed by atoms with Crippen LogP contribution in [0.3, 0.4) is 0 Å². The van der Waals surface area contributed by atoms with Crippen molar-refractivity contribution in [1.82, 2.24) is 19.9 Å². The number of nitriles is 1. The number of hydrogen-bond acceptors (Lipinski definition) is 6. The molecule has 43 heavy (non-hydrogen) atoms. The van der Waals surface area contributed by atoms with Crippen molar-refractivity contribution in [3.8, 4) is 51.4 Å². The first-order valence-corrected chi connectivity index (χ1v) is 13.9. The number of benzene rings is 5. The van der Waals surface area contributed by atoms with Gasteiger partial charge in [-0.3, -0.25) is 0 Å². The van der Waals surface area contributed by atoms with E-state index in [0.29, 0.717) is 28.5 Å². The highest BCUT2D eigenvalue weighted by Crippen LogP contribution is 2.38. The number of hydrogen-bond donors (Lipinski definition) is 0. The van der Waals surface area contributed by atoms with Gasteiger partial charge < -0.3 is 4.42 Å². The monoisotopic (exact) mass is 551 g/mol. The molecule has 8 rings (SSSR count). The molecule has 0 saturated heterocycles. The van der Waals surface area contributed by atoms with Crippen LogP contribution in [0, 0.1) is 11.3 Å². The topological polar surface area (TPSA) is 88.5 Å². The van der Waals surface area contributed by atoms with Crippen LogP contribution >= 0.6 is 0 Å². The summed E-state index contributed by atoms with van der Waals surface area (Å²) >= 11 is 0. The Morgan fingerprint density at radius 2 is 1.21 bits per heavy atom. The maximum absolute atomic E-state index is 9.37. The number of para-hydroxylation sites is 3. The number of aromatic nitrogens is 4. The molecule has 0 aliphatic heterocycles. The number of rotatable bonds is 4. The van der Waals surface area contributed by atoms with Gasteiger partial charge in [-0.05, 0) is 42.5 Å². The molecule has 3 aromatic heterocycles. The Morgan fingerprint density at radius 1 is 0.535 bits per heavy atom. The minimum atomic E-state index is 0.579. The van der Waals surface area contributed by atoms with Crippen molar-refractivity contribution in [2.45, 2.75) is 0 Å². The Morgan fingerprint density at radius 3 is 2.00 bits per heavy atom. The smallest absolute Gasteiger partial charge is 0.160 e. The summed E-state index contributed by atoms with van der Waals surface area (Å²) in [5.74, 6) is 0.582. The molecule has 0 saturated carbocycles. The maximum atomic E-state index is 9.37. The van der Waals surface area contributed by atoms with Gasteiger partial charge in [0.1, 0.15) is 16.9 Å². The Balaban J connectivity index is 1.43. The fourth-order valence-corrected chi connectivity index (χ4v) is 5.49. The zero-order valence-electron chi connectivity index (χ0n) is 22.8. The largest absolute Gasteiger partial charge is 0.456 e. The Hall–Kier alpha value is -6.19. The molecule has 8 aromatic rings. The standard InChI is InChI=1S/C37H21N5O/c38-22-23-17-19-24(20-18-23)35-36(40-29-14-6-5-13-28(29)39-35)31-21-30(41-37(42-31)25-9-2-1-3-10-25)26-12-8-16-33-34(26)27-11-4-7-15-32(27)43-33/h1-21H. The third-order valence-electron chi connectivity index (χ3n) is 7.54. The summed E-state index contributed by atoms with van der Waals surface area (Å²) in [5, 5.41) is 11.4. The highest BCUT2D eigenvalue weighted by atomic mass is 16.3. The number of nitrogens with zero attached hydrogens (tertiary/aromatic N) is 5. The molecule has 3 heterocycles. The maximum Gasteiger partial charge on any atom is 0.160 e. The molecule has 0 aliphatic carbocycles. The minimum absolute atomic E-state index is 0.579. The fourth-order valence-electron chi connectivity index (χ4n) is 5.49. The summed E-state index contributed by atoms with van der Waals surface area (Å²) in [4.78, 5) is 20.3. The molecule has 0 amide bonds. The molecule has 0 radical (unpaired) electrons. The van der Waals surface area contributed by atoms with Crippen LogP contribution in [0.15, 0.2) is 132 Å². The van der Waals surface area contributed by atoms with Crippen LogP contribution in [-0.4, -0.2) is 19.9 Å². The van der Waals surface area contributed by atoms with E-state index in [2.05, 4.69) is 18.2 Å². The van der Waals surface area contributed by atoms with Crippen LogP contribution in [0.5, 0.6) is 0 Å². The summed E-state index contributed by atoms with van der Waals surface area (Å²) in [7, 11) is 0. The summed E-state index contributed by atoms with van der Waals surface area (Å²) in [6.07, 6.45) is 0. The van der Waals surface area contributed by atoms with Gasteiger partial charge in [-0.2, -0.15) is 5.26 Å². The first-order valence-electron chi connectivity index (χ1n) is 13.9. The van der Waals surface area contributed by atoms with Gasteiger partial charge in [0.25, 0.3) is 0 Å². The van der Waals surface area contributed by atoms with Crippen molar-refractivity contribution < 1.29 is 4.42 Å². The predicted molar refractivity (Wildman–Crippen MR) is 169 cm³/mol. The Labute approximate surface area is 246 Å². The van der Waals surface area contributed by atoms with E-state index < -0.39 is 0 Å². The van der Waals surface area contributed by atoms with Crippen LogP contribution in [0.1, 0.15) is 5.56 Å². The lowest BCUT2D eigenvalue weighted by molar-refractivity contribution is 0.669. The van der Waals surface area contributed by atoms with E-state index in [4.69, 9.17) is 24.4 Å². The zero-order valence-corrected chi connectivity index (χ0v) is 22.8. The number of furan rings is 1. The van der Waals surface area contributed by atoms with Crippen LogP contribution < -0.4 is 0 Å². The fraction of sp³-hybridized carbons (Fsp3) is 0. The quantitative estimate of drug-likeness (QED) is 0.217. The first-order chi connectivity index (χ1) is 21.2. The van der Waals surface area contributed by atoms with Gasteiger partial charge in [0, 0.05) is 27.5 Å². The average molecular weight is 552 g/mol. The average Bonchev–Trinajstić information content (AvgIpc) is 3.47. The van der Waals surface area contributed by atoms with Crippen molar-refractivity contribution >= 4 is 33.0 Å². The van der Waals surface area contributed by atoms with Crippen LogP contribution in [0.25, 0.3) is 78.3 Å². The van der Waals surface area contributed by atoms with Gasteiger partial charge in [0.05, 0.1) is 39.7 Å². The highest BCUT2D eigenvalue weighted by molar-refractivity contribution is 6.12. The van der Waals surface area contributed by atoms with Crippen LogP contribution in [0.4, 0.5) is 0 Å². The first kappa shape index (κ1) is 24.6. The summed E-state index contributed by atoms with van der Waals surface area (Å²) < 4.78 is 6.20. The molecule has 6 nitrogen and oxygen atoms in total. The van der Waals surface area contributed by atoms with Crippen molar-refractivity contribution in [3.05, 3.63) is 133 Å². The van der Waals surface area contributed by atoms with Gasteiger partial charge in [-0.15, -0.1) is 0 Å². The molecule has 0 bridgehead atoms. The van der Waals surface area contributed by atoms with Crippen molar-refractivity contribution in [2.24, 2.45) is 0 Å². The normalized spacial score (nSPS) is 11.2. The van der Waals surface area contributed by atoms with Gasteiger partial charge in [0.15, 0.2) is 5.82 Å². The predicted octanol–water partition coefficient (Wildman–Crippen LogP) is 8.86. The van der Waals surface area contributed by atoms with Crippen molar-refractivity contribution in [2.75, 3.05) is 0 Å². The molecule has 0 N–H and O–H groups in total. The second-order valence-corrected chi connectivity index (χ2v) is 10.2. The van der Waals surface area contributed by atoms with Crippen molar-refractivity contribution in [3.63, 3.8) is 0 Å². The molecule has 0 spiro atoms. The second kappa shape index (κ2) is 10.0. The lowest BCUT2D eigenvalue weighted by atomic mass is 10.0. The van der Waals surface area contributed by atoms with Gasteiger partial charge >= 0.3 is 0 Å². The van der Waals surface area contributed by atoms with E-state index in [1.54, 1.807) is 12.1 Å². The molecule has 5 aromatic carbocycles. The van der Waals surface area contributed by atoms with E-state index in [-0.39, 0.29) is 0 Å². The van der Waals surface area contributed by atoms with Crippen LogP contribution in [0.2, 0.25) is 0 Å². The van der Waals surface area contributed by atoms with E-state index in [0.717, 1.165) is 55.4 Å². The van der Waals surface area contributed by atoms with Crippen molar-refractivity contribution in [1.29, 1.82) is 5.26 Å². The lowest BCUT2D eigenvalue weighted by Crippen LogP contribution is -2.01. The third-order valence-corrected chi connectivity index (χ3v) is 7.54. The molecule has 0 unspecified atom stereocenters. The van der Waals surface area contributed by atoms with Gasteiger partial charge in [0.2, 0.25) is 0 Å². The van der Waals surface area contributed by atoms with E-state index in [1.807, 2.05) is 103 Å². The number of fused-ring (bicyclic) bond motifs is 4. The Kier molecular flexibility index (Phi) is 5.73. The molecular weight excluding hydrogens is 530 g/mol. The van der Waals surface area contributed by atoms with E-state index in [9.17, 15) is 5.26 Å². The summed E-state index contributed by atoms with van der Waals surface area (Å²) in [6, 6.07) is 43.4. The third kappa shape index (κ3) is 4.28. The second-order valence-electron chi connectivity index (χ2n) is 10.2. The SMILES string of the molecule is N#Cc1ccc(-c2nc3ccccc3nc2-c2cc(-c3cccc4oc5ccccc5c34)nc(-c3ccccc3)n2)cc1. The van der Waals surface area contributed by atoms with Crippen LogP contribution in [-0.2, 0) is 0 Å². The highest BCUT2D eigenvalue weighted by Gasteiger charge is 2.20.